The quantitative estimate of drug-likeness (QED) is 0.529. The Bertz CT molecular complexity index is 58.6. The second-order valence-corrected chi connectivity index (χ2v) is 1.87. The van der Waals surface area contributed by atoms with Crippen molar-refractivity contribution < 1.29 is 0 Å². The van der Waals surface area contributed by atoms with Gasteiger partial charge >= 0.3 is 0 Å². The van der Waals surface area contributed by atoms with Crippen molar-refractivity contribution in [1.29, 1.82) is 0 Å². The number of allylic oxidation sites excluding steroid dienone is 1. The third kappa shape index (κ3) is 2.73. The standard InChI is InChI=1S/C4H6BrCl/c1-4(2-5)3-6/h3H,2H2,1H3/b4-3-. The maximum absolute atomic E-state index is 5.26. The molecule has 0 heterocycles. The first-order valence-corrected chi connectivity index (χ1v) is 3.19. The highest BCUT2D eigenvalue weighted by Crippen LogP contribution is 1.97. The molecule has 0 saturated heterocycles. The lowest BCUT2D eigenvalue weighted by Crippen LogP contribution is -1.68. The molecule has 2 heteroatoms. The van der Waals surface area contributed by atoms with Gasteiger partial charge in [0.05, 0.1) is 0 Å². The highest BCUT2D eigenvalue weighted by molar-refractivity contribution is 9.09. The molecule has 0 aromatic rings. The Hall–Kier alpha value is 0.510. The summed E-state index contributed by atoms with van der Waals surface area (Å²) >= 11 is 8.48. The third-order valence-electron chi connectivity index (χ3n) is 0.397. The van der Waals surface area contributed by atoms with Crippen molar-refractivity contribution in [2.45, 2.75) is 6.92 Å². The Morgan fingerprint density at radius 1 is 2.00 bits per heavy atom. The molecule has 0 radical (unpaired) electrons. The van der Waals surface area contributed by atoms with Gasteiger partial charge in [-0.15, -0.1) is 0 Å². The minimum absolute atomic E-state index is 0.872. The highest BCUT2D eigenvalue weighted by Gasteiger charge is 1.76. The van der Waals surface area contributed by atoms with Crippen LogP contribution >= 0.6 is 27.5 Å². The minimum Gasteiger partial charge on any atom is -0.0930 e. The molecule has 0 aromatic carbocycles. The first-order valence-electron chi connectivity index (χ1n) is 1.63. The van der Waals surface area contributed by atoms with Gasteiger partial charge in [-0.2, -0.15) is 0 Å². The van der Waals surface area contributed by atoms with Crippen LogP contribution in [0.2, 0.25) is 0 Å². The summed E-state index contributed by atoms with van der Waals surface area (Å²) in [7, 11) is 0. The molecule has 0 aliphatic rings. The first kappa shape index (κ1) is 6.51. The van der Waals surface area contributed by atoms with Gasteiger partial charge in [-0.25, -0.2) is 0 Å². The molecule has 0 spiro atoms. The average molecular weight is 169 g/mol. The predicted molar refractivity (Wildman–Crippen MR) is 33.4 cm³/mol. The van der Waals surface area contributed by atoms with Crippen molar-refractivity contribution in [2.24, 2.45) is 0 Å². The normalized spacial score (nSPS) is 12.2. The lowest BCUT2D eigenvalue weighted by Gasteiger charge is -1.81. The predicted octanol–water partition coefficient (Wildman–Crippen LogP) is 2.52. The van der Waals surface area contributed by atoms with Gasteiger partial charge in [-0.3, -0.25) is 0 Å². The molecule has 0 fully saturated rings. The summed E-state index contributed by atoms with van der Waals surface area (Å²) in [5, 5.41) is 0.872. The summed E-state index contributed by atoms with van der Waals surface area (Å²) in [6.45, 7) is 1.96. The van der Waals surface area contributed by atoms with Crippen LogP contribution in [0.4, 0.5) is 0 Å². The van der Waals surface area contributed by atoms with Crippen molar-refractivity contribution in [3.05, 3.63) is 11.1 Å². The Balaban J connectivity index is 3.22. The van der Waals surface area contributed by atoms with Gasteiger partial charge in [0.15, 0.2) is 0 Å². The Morgan fingerprint density at radius 2 is 2.50 bits per heavy atom. The third-order valence-corrected chi connectivity index (χ3v) is 1.65. The van der Waals surface area contributed by atoms with Crippen LogP contribution in [0, 0.1) is 0 Å². The van der Waals surface area contributed by atoms with Crippen molar-refractivity contribution in [2.75, 3.05) is 5.33 Å². The van der Waals surface area contributed by atoms with E-state index in [4.69, 9.17) is 11.6 Å². The zero-order valence-electron chi connectivity index (χ0n) is 3.54. The Labute approximate surface area is 51.3 Å². The molecule has 0 unspecified atom stereocenters. The second-order valence-electron chi connectivity index (χ2n) is 1.09. The summed E-state index contributed by atoms with van der Waals surface area (Å²) in [4.78, 5) is 0. The zero-order valence-corrected chi connectivity index (χ0v) is 5.88. The summed E-state index contributed by atoms with van der Waals surface area (Å²) in [5.41, 5.74) is 2.71. The van der Waals surface area contributed by atoms with Gasteiger partial charge in [0, 0.05) is 10.9 Å². The van der Waals surface area contributed by atoms with Gasteiger partial charge < -0.3 is 0 Å². The maximum Gasteiger partial charge on any atom is 0.0250 e. The minimum atomic E-state index is 0.872. The molecule has 0 aliphatic carbocycles. The fraction of sp³-hybridized carbons (Fsp3) is 0.500. The van der Waals surface area contributed by atoms with Gasteiger partial charge in [0.25, 0.3) is 0 Å². The summed E-state index contributed by atoms with van der Waals surface area (Å²) < 4.78 is 0. The largest absolute Gasteiger partial charge is 0.0930 e. The molecule has 0 aromatic heterocycles. The van der Waals surface area contributed by atoms with Crippen molar-refractivity contribution in [3.8, 4) is 0 Å². The van der Waals surface area contributed by atoms with Crippen molar-refractivity contribution in [3.63, 3.8) is 0 Å². The fourth-order valence-corrected chi connectivity index (χ4v) is 0.455. The molecule has 6 heavy (non-hydrogen) atoms. The molecule has 0 saturated carbocycles. The summed E-state index contributed by atoms with van der Waals surface area (Å²) in [5.74, 6) is 0. The molecule has 0 amide bonds. The van der Waals surface area contributed by atoms with E-state index in [9.17, 15) is 0 Å². The van der Waals surface area contributed by atoms with E-state index >= 15 is 0 Å². The molecule has 0 N–H and O–H groups in total. The smallest absolute Gasteiger partial charge is 0.0250 e. The van der Waals surface area contributed by atoms with Gasteiger partial charge in [0.2, 0.25) is 0 Å². The molecule has 0 aliphatic heterocycles. The van der Waals surface area contributed by atoms with E-state index in [1.165, 1.54) is 0 Å². The Morgan fingerprint density at radius 3 is 2.50 bits per heavy atom. The zero-order chi connectivity index (χ0) is 4.99. The van der Waals surface area contributed by atoms with E-state index in [-0.39, 0.29) is 0 Å². The van der Waals surface area contributed by atoms with Crippen LogP contribution in [0.3, 0.4) is 0 Å². The van der Waals surface area contributed by atoms with Crippen molar-refractivity contribution >= 4 is 27.5 Å². The number of hydrogen-bond acceptors (Lipinski definition) is 0. The molecule has 0 nitrogen and oxygen atoms in total. The monoisotopic (exact) mass is 168 g/mol. The second kappa shape index (κ2) is 3.69. The van der Waals surface area contributed by atoms with Crippen LogP contribution < -0.4 is 0 Å². The van der Waals surface area contributed by atoms with E-state index in [1.807, 2.05) is 6.92 Å². The Kier molecular flexibility index (Phi) is 4.01. The summed E-state index contributed by atoms with van der Waals surface area (Å²) in [6.07, 6.45) is 0. The van der Waals surface area contributed by atoms with E-state index in [0.717, 1.165) is 10.9 Å². The molecular formula is C4H6BrCl. The first-order chi connectivity index (χ1) is 2.81. The molecule has 0 rings (SSSR count). The maximum atomic E-state index is 5.26. The van der Waals surface area contributed by atoms with Gasteiger partial charge in [0.1, 0.15) is 0 Å². The fourth-order valence-electron chi connectivity index (χ4n) is 0.0292. The summed E-state index contributed by atoms with van der Waals surface area (Å²) in [6, 6.07) is 0. The van der Waals surface area contributed by atoms with E-state index in [2.05, 4.69) is 15.9 Å². The van der Waals surface area contributed by atoms with E-state index < -0.39 is 0 Å². The topological polar surface area (TPSA) is 0 Å². The molecule has 36 valence electrons. The number of halogens is 2. The van der Waals surface area contributed by atoms with Crippen molar-refractivity contribution in [1.82, 2.24) is 0 Å². The van der Waals surface area contributed by atoms with Crippen LogP contribution in [0.5, 0.6) is 0 Å². The number of alkyl halides is 1. The molecule has 0 atom stereocenters. The van der Waals surface area contributed by atoms with Crippen LogP contribution in [0.1, 0.15) is 6.92 Å². The van der Waals surface area contributed by atoms with Crippen LogP contribution in [0.15, 0.2) is 11.1 Å². The van der Waals surface area contributed by atoms with Crippen LogP contribution in [0.25, 0.3) is 0 Å². The molecule has 0 bridgehead atoms. The van der Waals surface area contributed by atoms with Crippen LogP contribution in [-0.2, 0) is 0 Å². The van der Waals surface area contributed by atoms with Gasteiger partial charge in [-0.1, -0.05) is 33.1 Å². The SMILES string of the molecule is C/C(=C/Cl)CBr. The average Bonchev–Trinajstić information content (AvgIpc) is 1.65. The number of hydrogen-bond donors (Lipinski definition) is 0. The number of rotatable bonds is 1. The van der Waals surface area contributed by atoms with E-state index in [1.54, 1.807) is 5.54 Å². The van der Waals surface area contributed by atoms with Gasteiger partial charge in [-0.05, 0) is 6.92 Å². The highest BCUT2D eigenvalue weighted by atomic mass is 79.9. The lowest BCUT2D eigenvalue weighted by molar-refractivity contribution is 1.45. The van der Waals surface area contributed by atoms with E-state index in [0.29, 0.717) is 0 Å². The van der Waals surface area contributed by atoms with Crippen LogP contribution in [-0.4, -0.2) is 5.33 Å². The lowest BCUT2D eigenvalue weighted by atomic mass is 10.4. The molecular weight excluding hydrogens is 163 g/mol.